The molecule has 0 aromatic heterocycles. The van der Waals surface area contributed by atoms with Crippen LogP contribution in [0.4, 0.5) is 0 Å². The monoisotopic (exact) mass is 415 g/mol. The first-order valence-electron chi connectivity index (χ1n) is 7.03. The number of piperazine rings is 1. The minimum atomic E-state index is 0. The zero-order valence-electron chi connectivity index (χ0n) is 13.2. The highest BCUT2D eigenvalue weighted by Crippen LogP contribution is 2.03. The number of aliphatic imine (C=N–C) groups is 1. The number of nitrogens with one attached hydrogen (secondary N) is 2. The summed E-state index contributed by atoms with van der Waals surface area (Å²) in [6.07, 6.45) is 2.12. The van der Waals surface area contributed by atoms with Crippen molar-refractivity contribution < 1.29 is 0 Å². The SMILES string of the molecule is CN=C(NCCSC)NCC(C)N1CCN(C)CC1.I. The zero-order chi connectivity index (χ0) is 14.1. The summed E-state index contributed by atoms with van der Waals surface area (Å²) in [4.78, 5) is 9.18. The van der Waals surface area contributed by atoms with Gasteiger partial charge in [-0.25, -0.2) is 0 Å². The molecule has 0 bridgehead atoms. The molecule has 1 saturated heterocycles. The number of nitrogens with zero attached hydrogens (tertiary/aromatic N) is 3. The van der Waals surface area contributed by atoms with Crippen LogP contribution in [0.3, 0.4) is 0 Å². The van der Waals surface area contributed by atoms with Gasteiger partial charge in [-0.2, -0.15) is 11.8 Å². The number of rotatable bonds is 6. The van der Waals surface area contributed by atoms with Crippen molar-refractivity contribution in [3.8, 4) is 0 Å². The summed E-state index contributed by atoms with van der Waals surface area (Å²) in [5.74, 6) is 2.02. The minimum Gasteiger partial charge on any atom is -0.356 e. The average Bonchev–Trinajstić information content (AvgIpc) is 2.43. The Morgan fingerprint density at radius 2 is 1.90 bits per heavy atom. The Hall–Kier alpha value is 0.270. The second-order valence-corrected chi connectivity index (χ2v) is 6.05. The van der Waals surface area contributed by atoms with Crippen LogP contribution in [0.2, 0.25) is 0 Å². The lowest BCUT2D eigenvalue weighted by molar-refractivity contribution is 0.120. The lowest BCUT2D eigenvalue weighted by atomic mass is 10.2. The smallest absolute Gasteiger partial charge is 0.191 e. The molecule has 0 aromatic carbocycles. The fourth-order valence-corrected chi connectivity index (χ4v) is 2.43. The average molecular weight is 415 g/mol. The summed E-state index contributed by atoms with van der Waals surface area (Å²) in [6, 6.07) is 0.549. The molecule has 0 aliphatic carbocycles. The van der Waals surface area contributed by atoms with Gasteiger partial charge in [0.25, 0.3) is 0 Å². The largest absolute Gasteiger partial charge is 0.356 e. The van der Waals surface area contributed by atoms with Crippen LogP contribution in [0.25, 0.3) is 0 Å². The zero-order valence-corrected chi connectivity index (χ0v) is 16.3. The fraction of sp³-hybridized carbons (Fsp3) is 0.923. The van der Waals surface area contributed by atoms with Gasteiger partial charge in [0.05, 0.1) is 0 Å². The third kappa shape index (κ3) is 7.90. The van der Waals surface area contributed by atoms with E-state index >= 15 is 0 Å². The van der Waals surface area contributed by atoms with E-state index in [4.69, 9.17) is 0 Å². The topological polar surface area (TPSA) is 42.9 Å². The predicted octanol–water partition coefficient (Wildman–Crippen LogP) is 0.768. The van der Waals surface area contributed by atoms with Gasteiger partial charge in [-0.3, -0.25) is 9.89 Å². The van der Waals surface area contributed by atoms with E-state index < -0.39 is 0 Å². The number of likely N-dealkylation sites (N-methyl/N-ethyl adjacent to an activating group) is 1. The van der Waals surface area contributed by atoms with E-state index in [1.807, 2.05) is 18.8 Å². The summed E-state index contributed by atoms with van der Waals surface area (Å²) in [7, 11) is 4.02. The van der Waals surface area contributed by atoms with Crippen LogP contribution in [0, 0.1) is 0 Å². The van der Waals surface area contributed by atoms with E-state index in [1.165, 1.54) is 13.1 Å². The van der Waals surface area contributed by atoms with Crippen LogP contribution in [0.5, 0.6) is 0 Å². The normalized spacial score (nSPS) is 19.3. The number of guanidine groups is 1. The first kappa shape index (κ1) is 20.3. The Morgan fingerprint density at radius 3 is 2.45 bits per heavy atom. The molecule has 1 rings (SSSR count). The highest BCUT2D eigenvalue weighted by Gasteiger charge is 2.18. The summed E-state index contributed by atoms with van der Waals surface area (Å²) in [5, 5.41) is 6.74. The van der Waals surface area contributed by atoms with Gasteiger partial charge in [0.1, 0.15) is 0 Å². The lowest BCUT2D eigenvalue weighted by Crippen LogP contribution is -2.52. The van der Waals surface area contributed by atoms with E-state index in [9.17, 15) is 0 Å². The van der Waals surface area contributed by atoms with Crippen LogP contribution in [0.1, 0.15) is 6.92 Å². The number of halogens is 1. The Bertz CT molecular complexity index is 269. The summed E-state index contributed by atoms with van der Waals surface area (Å²) >= 11 is 1.84. The highest BCUT2D eigenvalue weighted by molar-refractivity contribution is 14.0. The molecule has 1 unspecified atom stereocenters. The molecule has 20 heavy (non-hydrogen) atoms. The van der Waals surface area contributed by atoms with E-state index in [2.05, 4.69) is 45.7 Å². The second kappa shape index (κ2) is 11.9. The molecular weight excluding hydrogens is 385 g/mol. The predicted molar refractivity (Wildman–Crippen MR) is 102 cm³/mol. The van der Waals surface area contributed by atoms with Crippen molar-refractivity contribution in [3.05, 3.63) is 0 Å². The lowest BCUT2D eigenvalue weighted by Gasteiger charge is -2.36. The van der Waals surface area contributed by atoms with Crippen molar-refractivity contribution in [1.82, 2.24) is 20.4 Å². The van der Waals surface area contributed by atoms with Crippen molar-refractivity contribution in [2.75, 3.05) is 65.4 Å². The standard InChI is InChI=1S/C13H29N5S.HI/c1-12(18-8-6-17(3)7-9-18)11-16-13(14-2)15-5-10-19-4;/h12H,5-11H2,1-4H3,(H2,14,15,16);1H. The molecule has 1 heterocycles. The van der Waals surface area contributed by atoms with Crippen molar-refractivity contribution in [1.29, 1.82) is 0 Å². The van der Waals surface area contributed by atoms with E-state index in [1.54, 1.807) is 0 Å². The van der Waals surface area contributed by atoms with Gasteiger partial charge < -0.3 is 15.5 Å². The molecule has 0 aromatic rings. The molecule has 1 aliphatic heterocycles. The quantitative estimate of drug-likeness (QED) is 0.290. The van der Waals surface area contributed by atoms with Gasteiger partial charge in [-0.15, -0.1) is 24.0 Å². The van der Waals surface area contributed by atoms with Gasteiger partial charge in [0, 0.05) is 58.1 Å². The Kier molecular flexibility index (Phi) is 12.0. The van der Waals surface area contributed by atoms with Gasteiger partial charge in [-0.1, -0.05) is 0 Å². The van der Waals surface area contributed by atoms with Crippen molar-refractivity contribution in [2.45, 2.75) is 13.0 Å². The molecular formula is C13H30IN5S. The molecule has 1 aliphatic rings. The molecule has 5 nitrogen and oxygen atoms in total. The maximum atomic E-state index is 4.25. The van der Waals surface area contributed by atoms with Gasteiger partial charge >= 0.3 is 0 Å². The highest BCUT2D eigenvalue weighted by atomic mass is 127. The van der Waals surface area contributed by atoms with Gasteiger partial charge in [-0.05, 0) is 20.2 Å². The van der Waals surface area contributed by atoms with Crippen LogP contribution in [-0.4, -0.2) is 87.2 Å². The van der Waals surface area contributed by atoms with Crippen LogP contribution in [-0.2, 0) is 0 Å². The minimum absolute atomic E-state index is 0. The van der Waals surface area contributed by atoms with Crippen LogP contribution in [0.15, 0.2) is 4.99 Å². The molecule has 0 spiro atoms. The molecule has 2 N–H and O–H groups in total. The Balaban J connectivity index is 0.00000361. The molecule has 0 saturated carbocycles. The summed E-state index contributed by atoms with van der Waals surface area (Å²) < 4.78 is 0. The van der Waals surface area contributed by atoms with Crippen LogP contribution >= 0.6 is 35.7 Å². The maximum Gasteiger partial charge on any atom is 0.191 e. The maximum absolute atomic E-state index is 4.25. The first-order chi connectivity index (χ1) is 9.17. The van der Waals surface area contributed by atoms with E-state index in [0.717, 1.165) is 37.9 Å². The molecule has 0 amide bonds. The molecule has 1 fully saturated rings. The first-order valence-corrected chi connectivity index (χ1v) is 8.42. The fourth-order valence-electron chi connectivity index (χ4n) is 2.13. The third-order valence-corrected chi connectivity index (χ3v) is 4.16. The Labute approximate surface area is 145 Å². The van der Waals surface area contributed by atoms with E-state index in [-0.39, 0.29) is 24.0 Å². The Morgan fingerprint density at radius 1 is 1.25 bits per heavy atom. The number of hydrogen-bond acceptors (Lipinski definition) is 4. The summed E-state index contributed by atoms with van der Waals surface area (Å²) in [5.41, 5.74) is 0. The molecule has 120 valence electrons. The molecule has 1 atom stereocenters. The summed E-state index contributed by atoms with van der Waals surface area (Å²) in [6.45, 7) is 8.87. The second-order valence-electron chi connectivity index (χ2n) is 5.06. The molecule has 7 heteroatoms. The van der Waals surface area contributed by atoms with Gasteiger partial charge in [0.2, 0.25) is 0 Å². The van der Waals surface area contributed by atoms with Crippen molar-refractivity contribution in [3.63, 3.8) is 0 Å². The number of hydrogen-bond donors (Lipinski definition) is 2. The van der Waals surface area contributed by atoms with Gasteiger partial charge in [0.15, 0.2) is 5.96 Å². The third-order valence-electron chi connectivity index (χ3n) is 3.55. The molecule has 0 radical (unpaired) electrons. The van der Waals surface area contributed by atoms with Crippen LogP contribution < -0.4 is 10.6 Å². The van der Waals surface area contributed by atoms with Crippen molar-refractivity contribution in [2.24, 2.45) is 4.99 Å². The van der Waals surface area contributed by atoms with E-state index in [0.29, 0.717) is 6.04 Å². The van der Waals surface area contributed by atoms with Crippen molar-refractivity contribution >= 4 is 41.7 Å². The number of thioether (sulfide) groups is 1.